The number of aryl methyl sites for hydroxylation is 1. The molecule has 0 atom stereocenters. The molecule has 0 aliphatic rings. The average Bonchev–Trinajstić information content (AvgIpc) is 2.93. The molecule has 0 aliphatic heterocycles. The topological polar surface area (TPSA) is 46.9 Å². The van der Waals surface area contributed by atoms with Crippen LogP contribution in [0.3, 0.4) is 0 Å². The number of amides is 1. The molecule has 3 rings (SSSR count). The van der Waals surface area contributed by atoms with Crippen molar-refractivity contribution >= 4 is 23.2 Å². The number of rotatable bonds is 3. The molecule has 1 N–H and O–H groups in total. The Morgan fingerprint density at radius 1 is 1.21 bits per heavy atom. The Hall–Kier alpha value is -2.66. The first-order valence-electron chi connectivity index (χ1n) is 7.34. The summed E-state index contributed by atoms with van der Waals surface area (Å²) >= 11 is 6.07. The third-order valence-electron chi connectivity index (χ3n) is 3.76. The lowest BCUT2D eigenvalue weighted by Gasteiger charge is -2.08. The number of carbonyl (C=O) groups excluding carboxylic acids is 1. The molecule has 2 aromatic carbocycles. The highest BCUT2D eigenvalue weighted by atomic mass is 35.5. The number of benzene rings is 2. The summed E-state index contributed by atoms with van der Waals surface area (Å²) in [5, 5.41) is 7.48. The Morgan fingerprint density at radius 3 is 2.67 bits per heavy atom. The fourth-order valence-electron chi connectivity index (χ4n) is 2.37. The number of nitrogens with one attached hydrogen (secondary N) is 1. The predicted octanol–water partition coefficient (Wildman–Crippen LogP) is 4.53. The van der Waals surface area contributed by atoms with Crippen molar-refractivity contribution in [3.8, 4) is 5.69 Å². The van der Waals surface area contributed by atoms with Crippen molar-refractivity contribution in [3.63, 3.8) is 0 Å². The minimum Gasteiger partial charge on any atom is -0.322 e. The zero-order valence-electron chi connectivity index (χ0n) is 13.2. The number of hydrogen-bond acceptors (Lipinski definition) is 2. The van der Waals surface area contributed by atoms with Gasteiger partial charge in [-0.2, -0.15) is 5.10 Å². The van der Waals surface area contributed by atoms with E-state index >= 15 is 0 Å². The van der Waals surface area contributed by atoms with Crippen LogP contribution >= 0.6 is 11.6 Å². The van der Waals surface area contributed by atoms with Crippen LogP contribution in [0.25, 0.3) is 5.69 Å². The molecule has 1 heterocycles. The third kappa shape index (κ3) is 3.03. The van der Waals surface area contributed by atoms with Gasteiger partial charge in [0.25, 0.3) is 5.91 Å². The SMILES string of the molecule is Cc1ccc(NC(=O)c2cnn(-c3ccccc3F)c2C)cc1Cl. The van der Waals surface area contributed by atoms with E-state index in [1.54, 1.807) is 37.3 Å². The summed E-state index contributed by atoms with van der Waals surface area (Å²) in [6, 6.07) is 11.6. The van der Waals surface area contributed by atoms with Crippen LogP contribution in [-0.4, -0.2) is 15.7 Å². The van der Waals surface area contributed by atoms with Gasteiger partial charge in [0.15, 0.2) is 0 Å². The van der Waals surface area contributed by atoms with Crippen molar-refractivity contribution in [1.82, 2.24) is 9.78 Å². The van der Waals surface area contributed by atoms with Gasteiger partial charge < -0.3 is 5.32 Å². The van der Waals surface area contributed by atoms with E-state index in [1.807, 2.05) is 13.0 Å². The molecule has 6 heteroatoms. The monoisotopic (exact) mass is 343 g/mol. The van der Waals surface area contributed by atoms with Crippen LogP contribution in [0, 0.1) is 19.7 Å². The molecule has 0 bridgehead atoms. The quantitative estimate of drug-likeness (QED) is 0.759. The van der Waals surface area contributed by atoms with Crippen LogP contribution in [0.2, 0.25) is 5.02 Å². The van der Waals surface area contributed by atoms with Gasteiger partial charge in [-0.15, -0.1) is 0 Å². The standard InChI is InChI=1S/C18H15ClFN3O/c1-11-7-8-13(9-15(11)19)22-18(24)14-10-21-23(12(14)2)17-6-4-3-5-16(17)20/h3-10H,1-2H3,(H,22,24). The third-order valence-corrected chi connectivity index (χ3v) is 4.17. The summed E-state index contributed by atoms with van der Waals surface area (Å²) < 4.78 is 15.3. The normalized spacial score (nSPS) is 10.7. The number of hydrogen-bond donors (Lipinski definition) is 1. The smallest absolute Gasteiger partial charge is 0.259 e. The second-order valence-electron chi connectivity index (χ2n) is 5.42. The van der Waals surface area contributed by atoms with Crippen LogP contribution in [0.1, 0.15) is 21.6 Å². The maximum Gasteiger partial charge on any atom is 0.259 e. The summed E-state index contributed by atoms with van der Waals surface area (Å²) in [5.74, 6) is -0.726. The minimum atomic E-state index is -0.402. The lowest BCUT2D eigenvalue weighted by molar-refractivity contribution is 0.102. The number of para-hydroxylation sites is 1. The van der Waals surface area contributed by atoms with Crippen molar-refractivity contribution in [1.29, 1.82) is 0 Å². The van der Waals surface area contributed by atoms with Crippen molar-refractivity contribution in [3.05, 3.63) is 76.3 Å². The lowest BCUT2D eigenvalue weighted by Crippen LogP contribution is -2.13. The van der Waals surface area contributed by atoms with Gasteiger partial charge in [0.2, 0.25) is 0 Å². The Morgan fingerprint density at radius 2 is 1.96 bits per heavy atom. The molecule has 0 radical (unpaired) electrons. The second kappa shape index (κ2) is 6.45. The highest BCUT2D eigenvalue weighted by molar-refractivity contribution is 6.31. The first-order valence-corrected chi connectivity index (χ1v) is 7.72. The average molecular weight is 344 g/mol. The van der Waals surface area contributed by atoms with Crippen molar-refractivity contribution < 1.29 is 9.18 Å². The van der Waals surface area contributed by atoms with Gasteiger partial charge in [-0.3, -0.25) is 4.79 Å². The largest absolute Gasteiger partial charge is 0.322 e. The zero-order valence-corrected chi connectivity index (χ0v) is 13.9. The van der Waals surface area contributed by atoms with Gasteiger partial charge in [-0.1, -0.05) is 29.8 Å². The molecule has 4 nitrogen and oxygen atoms in total. The number of aromatic nitrogens is 2. The fraction of sp³-hybridized carbons (Fsp3) is 0.111. The van der Waals surface area contributed by atoms with Gasteiger partial charge in [0, 0.05) is 10.7 Å². The van der Waals surface area contributed by atoms with Crippen LogP contribution < -0.4 is 5.32 Å². The molecule has 1 amide bonds. The highest BCUT2D eigenvalue weighted by Gasteiger charge is 2.17. The Balaban J connectivity index is 1.89. The number of halogens is 2. The van der Waals surface area contributed by atoms with Crippen LogP contribution in [0.15, 0.2) is 48.7 Å². The molecular formula is C18H15ClFN3O. The molecule has 1 aromatic heterocycles. The molecule has 122 valence electrons. The van der Waals surface area contributed by atoms with E-state index in [0.29, 0.717) is 27.7 Å². The van der Waals surface area contributed by atoms with E-state index < -0.39 is 5.82 Å². The highest BCUT2D eigenvalue weighted by Crippen LogP contribution is 2.22. The summed E-state index contributed by atoms with van der Waals surface area (Å²) in [5.41, 5.74) is 2.74. The Labute approximate surface area is 143 Å². The van der Waals surface area contributed by atoms with E-state index in [-0.39, 0.29) is 5.91 Å². The number of carbonyl (C=O) groups is 1. The van der Waals surface area contributed by atoms with Gasteiger partial charge in [0.1, 0.15) is 11.5 Å². The molecule has 0 spiro atoms. The summed E-state index contributed by atoms with van der Waals surface area (Å²) in [6.07, 6.45) is 1.42. The molecule has 24 heavy (non-hydrogen) atoms. The molecule has 3 aromatic rings. The van der Waals surface area contributed by atoms with E-state index in [4.69, 9.17) is 11.6 Å². The second-order valence-corrected chi connectivity index (χ2v) is 5.83. The Kier molecular flexibility index (Phi) is 4.36. The number of nitrogens with zero attached hydrogens (tertiary/aromatic N) is 2. The van der Waals surface area contributed by atoms with Gasteiger partial charge in [0.05, 0.1) is 17.5 Å². The Bertz CT molecular complexity index is 920. The summed E-state index contributed by atoms with van der Waals surface area (Å²) in [4.78, 5) is 12.5. The van der Waals surface area contributed by atoms with Crippen LogP contribution in [0.4, 0.5) is 10.1 Å². The minimum absolute atomic E-state index is 0.299. The van der Waals surface area contributed by atoms with Gasteiger partial charge in [-0.05, 0) is 43.7 Å². The van der Waals surface area contributed by atoms with Crippen LogP contribution in [0.5, 0.6) is 0 Å². The zero-order chi connectivity index (χ0) is 17.3. The summed E-state index contributed by atoms with van der Waals surface area (Å²) in [6.45, 7) is 3.60. The molecule has 0 aliphatic carbocycles. The lowest BCUT2D eigenvalue weighted by atomic mass is 10.2. The van der Waals surface area contributed by atoms with Gasteiger partial charge in [-0.25, -0.2) is 9.07 Å². The molecule has 0 fully saturated rings. The maximum atomic E-state index is 13.9. The van der Waals surface area contributed by atoms with E-state index in [9.17, 15) is 9.18 Å². The molecule has 0 unspecified atom stereocenters. The van der Waals surface area contributed by atoms with Crippen LogP contribution in [-0.2, 0) is 0 Å². The van der Waals surface area contributed by atoms with E-state index in [1.165, 1.54) is 16.9 Å². The van der Waals surface area contributed by atoms with Crippen molar-refractivity contribution in [2.75, 3.05) is 5.32 Å². The van der Waals surface area contributed by atoms with E-state index in [2.05, 4.69) is 10.4 Å². The van der Waals surface area contributed by atoms with Crippen molar-refractivity contribution in [2.45, 2.75) is 13.8 Å². The number of anilines is 1. The summed E-state index contributed by atoms with van der Waals surface area (Å²) in [7, 11) is 0. The fourth-order valence-corrected chi connectivity index (χ4v) is 2.55. The maximum absolute atomic E-state index is 13.9. The van der Waals surface area contributed by atoms with E-state index in [0.717, 1.165) is 5.56 Å². The predicted molar refractivity (Wildman–Crippen MR) is 92.4 cm³/mol. The van der Waals surface area contributed by atoms with Gasteiger partial charge >= 0.3 is 0 Å². The molecule has 0 saturated heterocycles. The first kappa shape index (κ1) is 16.2. The first-order chi connectivity index (χ1) is 11.5. The molecule has 0 saturated carbocycles. The molecular weight excluding hydrogens is 329 g/mol. The van der Waals surface area contributed by atoms with Crippen molar-refractivity contribution in [2.24, 2.45) is 0 Å².